The third kappa shape index (κ3) is 1.75. The number of halogens is 2. The summed E-state index contributed by atoms with van der Waals surface area (Å²) in [5, 5.41) is 15.1. The van der Waals surface area contributed by atoms with Crippen molar-refractivity contribution in [1.82, 2.24) is 20.0 Å². The van der Waals surface area contributed by atoms with Gasteiger partial charge in [-0.15, -0.1) is 5.12 Å². The first kappa shape index (κ1) is 11.2. The minimum Gasteiger partial charge on any atom is -0.594 e. The molecule has 1 N–H and O–H groups in total. The van der Waals surface area contributed by atoms with Gasteiger partial charge in [-0.05, 0) is 6.07 Å². The molecule has 0 aliphatic carbocycles. The Hall–Kier alpha value is -1.92. The maximum Gasteiger partial charge on any atom is 0.255 e. The second-order valence-corrected chi connectivity index (χ2v) is 4.47. The number of aromatic nitrogens is 2. The van der Waals surface area contributed by atoms with Crippen molar-refractivity contribution in [2.45, 2.75) is 0 Å². The lowest BCUT2D eigenvalue weighted by atomic mass is 10.3. The van der Waals surface area contributed by atoms with Crippen LogP contribution in [0.15, 0.2) is 30.9 Å². The molecule has 0 radical (unpaired) electrons. The van der Waals surface area contributed by atoms with Gasteiger partial charge in [-0.1, -0.05) is 33.6 Å². The van der Waals surface area contributed by atoms with Crippen LogP contribution in [0.1, 0.15) is 0 Å². The fourth-order valence-electron chi connectivity index (χ4n) is 1.66. The van der Waals surface area contributed by atoms with E-state index in [0.717, 1.165) is 0 Å². The molecule has 3 rings (SSSR count). The molecule has 1 aliphatic heterocycles. The molecular weight excluding hydrogens is 277 g/mol. The summed E-state index contributed by atoms with van der Waals surface area (Å²) >= 11 is 11.9. The first-order valence-electron chi connectivity index (χ1n) is 5.00. The summed E-state index contributed by atoms with van der Waals surface area (Å²) in [7, 11) is 0. The number of hydrogen-bond donors (Lipinski definition) is 1. The maximum absolute atomic E-state index is 11.9. The lowest BCUT2D eigenvalue weighted by molar-refractivity contribution is 0.456. The van der Waals surface area contributed by atoms with Crippen LogP contribution < -0.4 is 26.1 Å². The van der Waals surface area contributed by atoms with Gasteiger partial charge in [0.2, 0.25) is 0 Å². The predicted octanol–water partition coefficient (Wildman–Crippen LogP) is -0.0118. The van der Waals surface area contributed by atoms with Crippen LogP contribution in [0.3, 0.4) is 0 Å². The molecule has 1 aliphatic rings. The molecule has 92 valence electrons. The summed E-state index contributed by atoms with van der Waals surface area (Å²) in [6, 6.07) is 3.13. The molecule has 0 amide bonds. The number of fused-ring (bicyclic) bond motifs is 1. The van der Waals surface area contributed by atoms with Crippen LogP contribution in [0.2, 0.25) is 10.0 Å². The molecule has 0 saturated carbocycles. The summed E-state index contributed by atoms with van der Waals surface area (Å²) in [6.45, 7) is 0. The molecule has 1 aromatic heterocycles. The zero-order valence-electron chi connectivity index (χ0n) is 8.92. The number of nitrogens with one attached hydrogen (secondary N) is 1. The van der Waals surface area contributed by atoms with Crippen molar-refractivity contribution in [1.29, 1.82) is 0 Å². The average molecular weight is 284 g/mol. The van der Waals surface area contributed by atoms with E-state index in [2.05, 4.69) is 10.5 Å². The summed E-state index contributed by atoms with van der Waals surface area (Å²) in [6.07, 6.45) is 6.52. The summed E-state index contributed by atoms with van der Waals surface area (Å²) in [4.78, 5) is 4.49. The van der Waals surface area contributed by atoms with Crippen LogP contribution in [0.4, 0.5) is 0 Å². The van der Waals surface area contributed by atoms with Gasteiger partial charge < -0.3 is 5.21 Å². The van der Waals surface area contributed by atoms with E-state index >= 15 is 0 Å². The smallest absolute Gasteiger partial charge is 0.255 e. The minimum absolute atomic E-state index is 0.365. The second kappa shape index (κ2) is 4.08. The fraction of sp³-hybridized carbons (Fsp3) is 0. The number of hydrogen-bond acceptors (Lipinski definition) is 4. The topological polar surface area (TPSA) is 59.2 Å². The Bertz CT molecular complexity index is 713. The number of hydrazine groups is 2. The molecule has 6 nitrogen and oxygen atoms in total. The van der Waals surface area contributed by atoms with Crippen LogP contribution >= 0.6 is 23.2 Å². The molecule has 0 atom stereocenters. The standard InChI is InChI=1S/C10H7Cl2N5O/c11-7-3-9(12)8-5-16(15-2-1-13-6-15)14-17(18)10(8)4-7/h1-6,14H. The number of rotatable bonds is 1. The monoisotopic (exact) mass is 283 g/mol. The highest BCUT2D eigenvalue weighted by Crippen LogP contribution is 2.09. The summed E-state index contributed by atoms with van der Waals surface area (Å²) < 4.78 is 1.60. The fourth-order valence-corrected chi connectivity index (χ4v) is 2.19. The van der Waals surface area contributed by atoms with E-state index in [0.29, 0.717) is 25.5 Å². The Morgan fingerprint density at radius 3 is 2.89 bits per heavy atom. The van der Waals surface area contributed by atoms with Gasteiger partial charge in [-0.3, -0.25) is 0 Å². The van der Waals surface area contributed by atoms with Crippen LogP contribution in [0, 0.1) is 5.21 Å². The Morgan fingerprint density at radius 1 is 1.33 bits per heavy atom. The summed E-state index contributed by atoms with van der Waals surface area (Å²) in [5.41, 5.74) is 2.59. The molecule has 0 unspecified atom stereocenters. The molecular formula is C10H7Cl2N5O. The van der Waals surface area contributed by atoms with Gasteiger partial charge in [0, 0.05) is 23.5 Å². The van der Waals surface area contributed by atoms with E-state index in [1.807, 2.05) is 0 Å². The van der Waals surface area contributed by atoms with Crippen molar-refractivity contribution in [2.75, 3.05) is 5.12 Å². The maximum atomic E-state index is 11.9. The number of imidazole rings is 1. The van der Waals surface area contributed by atoms with E-state index < -0.39 is 0 Å². The van der Waals surface area contributed by atoms with Crippen molar-refractivity contribution in [3.05, 3.63) is 56.7 Å². The van der Waals surface area contributed by atoms with Gasteiger partial charge in [-0.2, -0.15) is 0 Å². The SMILES string of the molecule is [O-][N+]1=c2cc(Cl)cc(Cl)c2=CN(n2ccnc2)N1. The predicted molar refractivity (Wildman–Crippen MR) is 68.4 cm³/mol. The molecule has 0 fully saturated rings. The molecule has 1 aromatic carbocycles. The zero-order valence-corrected chi connectivity index (χ0v) is 10.4. The molecule has 0 spiro atoms. The van der Waals surface area contributed by atoms with Crippen LogP contribution in [-0.2, 0) is 0 Å². The lowest BCUT2D eigenvalue weighted by Gasteiger charge is -2.22. The van der Waals surface area contributed by atoms with E-state index in [4.69, 9.17) is 23.2 Å². The van der Waals surface area contributed by atoms with Gasteiger partial charge >= 0.3 is 0 Å². The quantitative estimate of drug-likeness (QED) is 0.591. The Balaban J connectivity index is 2.24. The average Bonchev–Trinajstić information content (AvgIpc) is 2.83. The van der Waals surface area contributed by atoms with Crippen LogP contribution in [-0.4, -0.2) is 9.66 Å². The van der Waals surface area contributed by atoms with Gasteiger partial charge in [0.25, 0.3) is 5.36 Å². The highest BCUT2D eigenvalue weighted by molar-refractivity contribution is 6.34. The van der Waals surface area contributed by atoms with Gasteiger partial charge in [0.15, 0.2) is 0 Å². The van der Waals surface area contributed by atoms with Gasteiger partial charge in [-0.25, -0.2) is 9.66 Å². The highest BCUT2D eigenvalue weighted by Gasteiger charge is 2.15. The normalized spacial score (nSPS) is 13.9. The summed E-state index contributed by atoms with van der Waals surface area (Å²) in [5.74, 6) is 0. The largest absolute Gasteiger partial charge is 0.594 e. The molecule has 0 saturated heterocycles. The highest BCUT2D eigenvalue weighted by atomic mass is 35.5. The third-order valence-electron chi connectivity index (χ3n) is 2.48. The minimum atomic E-state index is 0.365. The van der Waals surface area contributed by atoms with Crippen LogP contribution in [0.25, 0.3) is 6.20 Å². The van der Waals surface area contributed by atoms with Gasteiger partial charge in [0.1, 0.15) is 6.33 Å². The van der Waals surface area contributed by atoms with Crippen molar-refractivity contribution in [2.24, 2.45) is 0 Å². The molecule has 18 heavy (non-hydrogen) atoms. The van der Waals surface area contributed by atoms with Crippen LogP contribution in [0.5, 0.6) is 0 Å². The first-order chi connectivity index (χ1) is 8.65. The lowest BCUT2D eigenvalue weighted by Crippen LogP contribution is -2.59. The third-order valence-corrected chi connectivity index (χ3v) is 3.01. The van der Waals surface area contributed by atoms with E-state index in [9.17, 15) is 5.21 Å². The number of benzene rings is 1. The Labute approximate surface area is 111 Å². The first-order valence-corrected chi connectivity index (χ1v) is 5.75. The van der Waals surface area contributed by atoms with E-state index in [-0.39, 0.29) is 0 Å². The van der Waals surface area contributed by atoms with E-state index in [1.54, 1.807) is 41.7 Å². The molecule has 8 heteroatoms. The van der Waals surface area contributed by atoms with E-state index in [1.165, 1.54) is 5.12 Å². The van der Waals surface area contributed by atoms with Crippen molar-refractivity contribution >= 4 is 29.4 Å². The van der Waals surface area contributed by atoms with Crippen molar-refractivity contribution in [3.8, 4) is 0 Å². The zero-order chi connectivity index (χ0) is 12.7. The van der Waals surface area contributed by atoms with Crippen molar-refractivity contribution in [3.63, 3.8) is 0 Å². The van der Waals surface area contributed by atoms with Crippen molar-refractivity contribution < 1.29 is 0 Å². The Morgan fingerprint density at radius 2 is 2.17 bits per heavy atom. The molecule has 0 bridgehead atoms. The number of nitrogens with zero attached hydrogens (tertiary/aromatic N) is 4. The second-order valence-electron chi connectivity index (χ2n) is 3.63. The van der Waals surface area contributed by atoms with Gasteiger partial charge in [0.05, 0.1) is 16.4 Å². The molecule has 2 aromatic rings. The molecule has 2 heterocycles. The Kier molecular flexibility index (Phi) is 2.53.